The Morgan fingerprint density at radius 3 is 2.82 bits per heavy atom. The number of halogens is 1. The molecule has 1 aromatic heterocycles. The Labute approximate surface area is 199 Å². The van der Waals surface area contributed by atoms with Crippen molar-refractivity contribution in [2.45, 2.75) is 53.0 Å². The maximum absolute atomic E-state index is 13.0. The number of hydrogen-bond donors (Lipinski definition) is 1. The van der Waals surface area contributed by atoms with Crippen LogP contribution in [0, 0.1) is 18.3 Å². The van der Waals surface area contributed by atoms with Crippen LogP contribution in [0.25, 0.3) is 0 Å². The number of rotatable bonds is 6. The van der Waals surface area contributed by atoms with Crippen LogP contribution in [0.5, 0.6) is 0 Å². The largest absolute Gasteiger partial charge is 0.462 e. The zero-order valence-corrected chi connectivity index (χ0v) is 20.3. The first-order valence-corrected chi connectivity index (χ1v) is 12.1. The second kappa shape index (κ2) is 9.85. The third-order valence-corrected chi connectivity index (χ3v) is 7.14. The van der Waals surface area contributed by atoms with Gasteiger partial charge >= 0.3 is 5.97 Å². The maximum Gasteiger partial charge on any atom is 0.339 e. The number of benzene rings is 1. The summed E-state index contributed by atoms with van der Waals surface area (Å²) in [6.45, 7) is 8.79. The van der Waals surface area contributed by atoms with Gasteiger partial charge in [-0.3, -0.25) is 9.48 Å². The molecular formula is C25H32ClN3O4. The highest BCUT2D eigenvalue weighted by molar-refractivity contribution is 6.33. The standard InChI is InChI=1S/C25H32ClN3O4/c1-4-19-22-20(12-25(15-27-23(22)30)8-10-32-11-9-25)29(28-19)13-16(2)14-33-24(31)21-17(3)6-5-7-18(21)26/h5-7,16H,4,8-15H2,1-3H3,(H,27,30)/t16-/m1/s1. The third-order valence-electron chi connectivity index (χ3n) is 6.82. The van der Waals surface area contributed by atoms with Gasteiger partial charge in [-0.25, -0.2) is 4.79 Å². The van der Waals surface area contributed by atoms with Gasteiger partial charge in [0.1, 0.15) is 0 Å². The lowest BCUT2D eigenvalue weighted by molar-refractivity contribution is 0.0151. The molecule has 1 saturated heterocycles. The van der Waals surface area contributed by atoms with Crippen molar-refractivity contribution in [2.75, 3.05) is 26.4 Å². The number of aromatic nitrogens is 2. The van der Waals surface area contributed by atoms with Crippen LogP contribution in [0.15, 0.2) is 18.2 Å². The number of esters is 1. The molecule has 1 aromatic carbocycles. The molecular weight excluding hydrogens is 442 g/mol. The molecule has 33 heavy (non-hydrogen) atoms. The fourth-order valence-electron chi connectivity index (χ4n) is 4.85. The van der Waals surface area contributed by atoms with Crippen LogP contribution in [-0.4, -0.2) is 48.0 Å². The molecule has 7 nitrogen and oxygen atoms in total. The first-order valence-electron chi connectivity index (χ1n) is 11.7. The molecule has 1 spiro atoms. The Morgan fingerprint density at radius 2 is 2.12 bits per heavy atom. The lowest BCUT2D eigenvalue weighted by atomic mass is 9.76. The number of nitrogens with one attached hydrogen (secondary N) is 1. The summed E-state index contributed by atoms with van der Waals surface area (Å²) < 4.78 is 13.2. The van der Waals surface area contributed by atoms with E-state index in [0.29, 0.717) is 43.3 Å². The molecule has 1 atom stereocenters. The number of fused-ring (bicyclic) bond motifs is 1. The first kappa shape index (κ1) is 23.8. The second-order valence-electron chi connectivity index (χ2n) is 9.41. The van der Waals surface area contributed by atoms with E-state index < -0.39 is 5.97 Å². The number of amides is 1. The van der Waals surface area contributed by atoms with E-state index in [1.807, 2.05) is 37.6 Å². The van der Waals surface area contributed by atoms with Gasteiger partial charge < -0.3 is 14.8 Å². The van der Waals surface area contributed by atoms with Crippen molar-refractivity contribution in [1.82, 2.24) is 15.1 Å². The molecule has 0 bridgehead atoms. The normalized spacial score (nSPS) is 18.4. The van der Waals surface area contributed by atoms with Gasteiger partial charge in [-0.15, -0.1) is 0 Å². The fraction of sp³-hybridized carbons (Fsp3) is 0.560. The van der Waals surface area contributed by atoms with Crippen molar-refractivity contribution in [2.24, 2.45) is 11.3 Å². The molecule has 2 aliphatic rings. The summed E-state index contributed by atoms with van der Waals surface area (Å²) in [6.07, 6.45) is 3.32. The smallest absolute Gasteiger partial charge is 0.339 e. The second-order valence-corrected chi connectivity index (χ2v) is 9.82. The van der Waals surface area contributed by atoms with Crippen molar-refractivity contribution in [3.63, 3.8) is 0 Å². The Hall–Kier alpha value is -2.38. The van der Waals surface area contributed by atoms with Gasteiger partial charge in [0.15, 0.2) is 0 Å². The highest BCUT2D eigenvalue weighted by Crippen LogP contribution is 2.37. The van der Waals surface area contributed by atoms with E-state index >= 15 is 0 Å². The SMILES string of the molecule is CCc1nn(C[C@@H](C)COC(=O)c2c(C)cccc2Cl)c2c1C(=O)NCC1(CCOCC1)C2. The van der Waals surface area contributed by atoms with Gasteiger partial charge in [0, 0.05) is 32.2 Å². The van der Waals surface area contributed by atoms with Gasteiger partial charge in [-0.05, 0) is 49.7 Å². The maximum atomic E-state index is 13.0. The summed E-state index contributed by atoms with van der Waals surface area (Å²) in [5.74, 6) is -0.439. The number of carbonyl (C=O) groups excluding carboxylic acids is 2. The van der Waals surface area contributed by atoms with Crippen molar-refractivity contribution < 1.29 is 19.1 Å². The zero-order valence-electron chi connectivity index (χ0n) is 19.6. The third kappa shape index (κ3) is 4.94. The van der Waals surface area contributed by atoms with Gasteiger partial charge in [-0.1, -0.05) is 37.6 Å². The predicted octanol–water partition coefficient (Wildman–Crippen LogP) is 3.98. The molecule has 8 heteroatoms. The monoisotopic (exact) mass is 473 g/mol. The van der Waals surface area contributed by atoms with E-state index in [4.69, 9.17) is 26.2 Å². The molecule has 1 fully saturated rings. The minimum Gasteiger partial charge on any atom is -0.462 e. The van der Waals surface area contributed by atoms with Crippen molar-refractivity contribution in [3.05, 3.63) is 51.3 Å². The van der Waals surface area contributed by atoms with Gasteiger partial charge in [0.2, 0.25) is 0 Å². The van der Waals surface area contributed by atoms with Crippen molar-refractivity contribution >= 4 is 23.5 Å². The Balaban J connectivity index is 1.51. The lowest BCUT2D eigenvalue weighted by Crippen LogP contribution is -2.41. The number of hydrogen-bond acceptors (Lipinski definition) is 5. The van der Waals surface area contributed by atoms with Crippen molar-refractivity contribution in [3.8, 4) is 0 Å². The van der Waals surface area contributed by atoms with Gasteiger partial charge in [0.25, 0.3) is 5.91 Å². The Morgan fingerprint density at radius 1 is 1.36 bits per heavy atom. The quantitative estimate of drug-likeness (QED) is 0.641. The van der Waals surface area contributed by atoms with Crippen LogP contribution in [0.1, 0.15) is 64.4 Å². The van der Waals surface area contributed by atoms with Crippen molar-refractivity contribution in [1.29, 1.82) is 0 Å². The molecule has 0 saturated carbocycles. The van der Waals surface area contributed by atoms with E-state index in [1.54, 1.807) is 6.07 Å². The van der Waals surface area contributed by atoms with Crippen LogP contribution < -0.4 is 5.32 Å². The summed E-state index contributed by atoms with van der Waals surface area (Å²) in [5.41, 5.74) is 3.73. The Bertz CT molecular complexity index is 1020. The number of aryl methyl sites for hydroxylation is 2. The summed E-state index contributed by atoms with van der Waals surface area (Å²) in [6, 6.07) is 5.35. The molecule has 2 aromatic rings. The molecule has 178 valence electrons. The van der Waals surface area contributed by atoms with E-state index in [9.17, 15) is 9.59 Å². The van der Waals surface area contributed by atoms with Gasteiger partial charge in [-0.2, -0.15) is 5.10 Å². The molecule has 0 unspecified atom stereocenters. The Kier molecular flexibility index (Phi) is 7.10. The molecule has 3 heterocycles. The van der Waals surface area contributed by atoms with E-state index in [0.717, 1.165) is 41.8 Å². The summed E-state index contributed by atoms with van der Waals surface area (Å²) in [5, 5.41) is 8.33. The number of nitrogens with zero attached hydrogens (tertiary/aromatic N) is 2. The number of ether oxygens (including phenoxy) is 2. The van der Waals surface area contributed by atoms with E-state index in [1.165, 1.54) is 0 Å². The average Bonchev–Trinajstić information content (AvgIpc) is 3.06. The van der Waals surface area contributed by atoms with Crippen LogP contribution in [0.3, 0.4) is 0 Å². The molecule has 0 aliphatic carbocycles. The molecule has 0 radical (unpaired) electrons. The minimum atomic E-state index is -0.418. The summed E-state index contributed by atoms with van der Waals surface area (Å²) in [7, 11) is 0. The lowest BCUT2D eigenvalue weighted by Gasteiger charge is -2.36. The van der Waals surface area contributed by atoms with Crippen LogP contribution in [-0.2, 0) is 28.9 Å². The molecule has 1 N–H and O–H groups in total. The summed E-state index contributed by atoms with van der Waals surface area (Å²) >= 11 is 6.21. The highest BCUT2D eigenvalue weighted by Gasteiger charge is 2.39. The topological polar surface area (TPSA) is 82.5 Å². The van der Waals surface area contributed by atoms with Crippen LogP contribution >= 0.6 is 11.6 Å². The van der Waals surface area contributed by atoms with Crippen LogP contribution in [0.2, 0.25) is 5.02 Å². The molecule has 2 aliphatic heterocycles. The minimum absolute atomic E-state index is 0.000750. The predicted molar refractivity (Wildman–Crippen MR) is 126 cm³/mol. The zero-order chi connectivity index (χ0) is 23.6. The van der Waals surface area contributed by atoms with E-state index in [-0.39, 0.29) is 23.8 Å². The molecule has 4 rings (SSSR count). The number of carbonyl (C=O) groups is 2. The fourth-order valence-corrected chi connectivity index (χ4v) is 5.15. The summed E-state index contributed by atoms with van der Waals surface area (Å²) in [4.78, 5) is 25.6. The first-order chi connectivity index (χ1) is 15.8. The average molecular weight is 474 g/mol. The van der Waals surface area contributed by atoms with Crippen LogP contribution in [0.4, 0.5) is 0 Å². The van der Waals surface area contributed by atoms with E-state index in [2.05, 4.69) is 5.32 Å². The molecule has 1 amide bonds. The highest BCUT2D eigenvalue weighted by atomic mass is 35.5. The van der Waals surface area contributed by atoms with Gasteiger partial charge in [0.05, 0.1) is 34.1 Å².